The fourth-order valence-corrected chi connectivity index (χ4v) is 2.83. The molecule has 0 amide bonds. The van der Waals surface area contributed by atoms with Gasteiger partial charge in [0.1, 0.15) is 5.82 Å². The Labute approximate surface area is 158 Å². The van der Waals surface area contributed by atoms with E-state index in [1.54, 1.807) is 12.3 Å². The lowest BCUT2D eigenvalue weighted by Gasteiger charge is -2.31. The molecule has 1 aliphatic rings. The van der Waals surface area contributed by atoms with Gasteiger partial charge < -0.3 is 16.0 Å². The molecule has 1 saturated heterocycles. The maximum absolute atomic E-state index is 6.03. The standard InChI is InChI=1S/C14H21Cl2N5.HI/c1-10-3-2-6-21(9-10)14(17)19-5-4-18-13-12(16)7-11(15)8-20-13;/h7-8,10H,2-6,9H2,1H3,(H2,17,19)(H,18,20);1H. The summed E-state index contributed by atoms with van der Waals surface area (Å²) in [7, 11) is 0. The molecule has 8 heteroatoms. The van der Waals surface area contributed by atoms with Crippen LogP contribution in [0.4, 0.5) is 5.82 Å². The van der Waals surface area contributed by atoms with Crippen molar-refractivity contribution in [2.24, 2.45) is 16.6 Å². The zero-order valence-electron chi connectivity index (χ0n) is 12.6. The molecule has 1 aromatic heterocycles. The van der Waals surface area contributed by atoms with Gasteiger partial charge in [-0.05, 0) is 24.8 Å². The Kier molecular flexibility index (Phi) is 8.56. The van der Waals surface area contributed by atoms with E-state index in [9.17, 15) is 0 Å². The quantitative estimate of drug-likeness (QED) is 0.314. The molecule has 2 heterocycles. The Hall–Kier alpha value is -0.470. The van der Waals surface area contributed by atoms with E-state index in [4.69, 9.17) is 28.9 Å². The fourth-order valence-electron chi connectivity index (χ4n) is 2.39. The molecule has 1 aromatic rings. The van der Waals surface area contributed by atoms with E-state index < -0.39 is 0 Å². The molecule has 1 unspecified atom stereocenters. The molecular weight excluding hydrogens is 436 g/mol. The smallest absolute Gasteiger partial charge is 0.191 e. The van der Waals surface area contributed by atoms with E-state index in [2.05, 4.69) is 27.1 Å². The Morgan fingerprint density at radius 3 is 3.00 bits per heavy atom. The van der Waals surface area contributed by atoms with Crippen molar-refractivity contribution in [2.45, 2.75) is 19.8 Å². The topological polar surface area (TPSA) is 66.5 Å². The van der Waals surface area contributed by atoms with Gasteiger partial charge in [0.15, 0.2) is 5.96 Å². The van der Waals surface area contributed by atoms with Crippen molar-refractivity contribution < 1.29 is 0 Å². The van der Waals surface area contributed by atoms with Crippen LogP contribution in [0.25, 0.3) is 0 Å². The number of nitrogens with one attached hydrogen (secondary N) is 1. The molecule has 1 atom stereocenters. The average molecular weight is 458 g/mol. The van der Waals surface area contributed by atoms with Crippen molar-refractivity contribution >= 4 is 59.0 Å². The monoisotopic (exact) mass is 457 g/mol. The van der Waals surface area contributed by atoms with Crippen LogP contribution in [0.15, 0.2) is 17.3 Å². The molecule has 124 valence electrons. The summed E-state index contributed by atoms with van der Waals surface area (Å²) in [5.41, 5.74) is 6.03. The number of pyridine rings is 1. The molecule has 0 radical (unpaired) electrons. The lowest BCUT2D eigenvalue weighted by atomic mass is 10.0. The van der Waals surface area contributed by atoms with Gasteiger partial charge in [-0.15, -0.1) is 24.0 Å². The third kappa shape index (κ3) is 5.96. The molecule has 2 rings (SSSR count). The van der Waals surface area contributed by atoms with Crippen LogP contribution < -0.4 is 11.1 Å². The van der Waals surface area contributed by atoms with E-state index in [1.807, 2.05) is 0 Å². The number of guanidine groups is 1. The SMILES string of the molecule is CC1CCCN(C(N)=NCCNc2ncc(Cl)cc2Cl)C1.I. The number of nitrogens with zero attached hydrogens (tertiary/aromatic N) is 3. The number of likely N-dealkylation sites (tertiary alicyclic amines) is 1. The van der Waals surface area contributed by atoms with Crippen LogP contribution in [0.3, 0.4) is 0 Å². The number of hydrogen-bond acceptors (Lipinski definition) is 3. The molecule has 3 N–H and O–H groups in total. The van der Waals surface area contributed by atoms with Gasteiger partial charge in [0.05, 0.1) is 16.6 Å². The van der Waals surface area contributed by atoms with Crippen molar-refractivity contribution in [1.82, 2.24) is 9.88 Å². The highest BCUT2D eigenvalue weighted by molar-refractivity contribution is 14.0. The van der Waals surface area contributed by atoms with Crippen LogP contribution in [-0.2, 0) is 0 Å². The van der Waals surface area contributed by atoms with E-state index in [0.29, 0.717) is 40.8 Å². The molecule has 22 heavy (non-hydrogen) atoms. The van der Waals surface area contributed by atoms with Gasteiger partial charge >= 0.3 is 0 Å². The largest absolute Gasteiger partial charge is 0.370 e. The van der Waals surface area contributed by atoms with Crippen molar-refractivity contribution in [2.75, 3.05) is 31.5 Å². The van der Waals surface area contributed by atoms with Gasteiger partial charge in [-0.1, -0.05) is 30.1 Å². The third-order valence-electron chi connectivity index (χ3n) is 3.47. The lowest BCUT2D eigenvalue weighted by Crippen LogP contribution is -2.43. The maximum Gasteiger partial charge on any atom is 0.191 e. The predicted octanol–water partition coefficient (Wildman–Crippen LogP) is 3.46. The summed E-state index contributed by atoms with van der Waals surface area (Å²) in [6.07, 6.45) is 4.01. The fraction of sp³-hybridized carbons (Fsp3) is 0.571. The normalized spacial score (nSPS) is 18.8. The summed E-state index contributed by atoms with van der Waals surface area (Å²) in [5, 5.41) is 4.15. The summed E-state index contributed by atoms with van der Waals surface area (Å²) < 4.78 is 0. The average Bonchev–Trinajstić information content (AvgIpc) is 2.45. The van der Waals surface area contributed by atoms with Crippen LogP contribution in [0, 0.1) is 5.92 Å². The van der Waals surface area contributed by atoms with Gasteiger partial charge in [-0.3, -0.25) is 4.99 Å². The van der Waals surface area contributed by atoms with Crippen LogP contribution in [0.2, 0.25) is 10.0 Å². The molecular formula is C14H22Cl2IN5. The number of aromatic nitrogens is 1. The Morgan fingerprint density at radius 1 is 1.55 bits per heavy atom. The summed E-state index contributed by atoms with van der Waals surface area (Å²) in [5.74, 6) is 1.92. The number of halogens is 3. The van der Waals surface area contributed by atoms with Gasteiger partial charge in [0.2, 0.25) is 0 Å². The van der Waals surface area contributed by atoms with E-state index in [1.165, 1.54) is 12.8 Å². The summed E-state index contributed by atoms with van der Waals surface area (Å²) in [6, 6.07) is 1.66. The van der Waals surface area contributed by atoms with Crippen LogP contribution >= 0.6 is 47.2 Å². The van der Waals surface area contributed by atoms with E-state index in [-0.39, 0.29) is 24.0 Å². The van der Waals surface area contributed by atoms with Crippen LogP contribution in [0.5, 0.6) is 0 Å². The second kappa shape index (κ2) is 9.62. The van der Waals surface area contributed by atoms with Gasteiger partial charge in [-0.25, -0.2) is 4.98 Å². The van der Waals surface area contributed by atoms with Crippen LogP contribution in [-0.4, -0.2) is 42.0 Å². The minimum Gasteiger partial charge on any atom is -0.370 e. The number of rotatable bonds is 4. The van der Waals surface area contributed by atoms with Gasteiger partial charge in [0, 0.05) is 25.8 Å². The van der Waals surface area contributed by atoms with Crippen molar-refractivity contribution in [3.05, 3.63) is 22.3 Å². The third-order valence-corrected chi connectivity index (χ3v) is 3.96. The zero-order valence-corrected chi connectivity index (χ0v) is 16.4. The second-order valence-electron chi connectivity index (χ2n) is 5.34. The first kappa shape index (κ1) is 19.6. The van der Waals surface area contributed by atoms with E-state index in [0.717, 1.165) is 13.1 Å². The van der Waals surface area contributed by atoms with Gasteiger partial charge in [-0.2, -0.15) is 0 Å². The first-order valence-electron chi connectivity index (χ1n) is 7.16. The van der Waals surface area contributed by atoms with Crippen molar-refractivity contribution in [1.29, 1.82) is 0 Å². The molecule has 0 saturated carbocycles. The summed E-state index contributed by atoms with van der Waals surface area (Å²) in [6.45, 7) is 5.44. The number of aliphatic imine (C=N–C) groups is 1. The molecule has 0 aliphatic carbocycles. The first-order chi connectivity index (χ1) is 10.1. The molecule has 5 nitrogen and oxygen atoms in total. The maximum atomic E-state index is 6.03. The number of piperidine rings is 1. The molecule has 0 spiro atoms. The van der Waals surface area contributed by atoms with E-state index >= 15 is 0 Å². The Morgan fingerprint density at radius 2 is 2.32 bits per heavy atom. The molecule has 0 aromatic carbocycles. The lowest BCUT2D eigenvalue weighted by molar-refractivity contribution is 0.270. The molecule has 0 bridgehead atoms. The summed E-state index contributed by atoms with van der Waals surface area (Å²) >= 11 is 11.8. The van der Waals surface area contributed by atoms with Crippen LogP contribution in [0.1, 0.15) is 19.8 Å². The highest BCUT2D eigenvalue weighted by Gasteiger charge is 2.17. The zero-order chi connectivity index (χ0) is 15.2. The van der Waals surface area contributed by atoms with Crippen molar-refractivity contribution in [3.63, 3.8) is 0 Å². The van der Waals surface area contributed by atoms with Crippen molar-refractivity contribution in [3.8, 4) is 0 Å². The highest BCUT2D eigenvalue weighted by Crippen LogP contribution is 2.22. The predicted molar refractivity (Wildman–Crippen MR) is 105 cm³/mol. The second-order valence-corrected chi connectivity index (χ2v) is 6.19. The number of anilines is 1. The summed E-state index contributed by atoms with van der Waals surface area (Å²) in [4.78, 5) is 10.7. The molecule has 1 aliphatic heterocycles. The number of nitrogens with two attached hydrogens (primary N) is 1. The van der Waals surface area contributed by atoms with Gasteiger partial charge in [0.25, 0.3) is 0 Å². The Balaban J connectivity index is 0.00000242. The first-order valence-corrected chi connectivity index (χ1v) is 7.91. The highest BCUT2D eigenvalue weighted by atomic mass is 127. The minimum atomic E-state index is 0. The number of hydrogen-bond donors (Lipinski definition) is 2. The minimum absolute atomic E-state index is 0. The Bertz CT molecular complexity index is 512. The molecule has 1 fully saturated rings.